The van der Waals surface area contributed by atoms with Crippen LogP contribution in [-0.2, 0) is 21.7 Å². The molecule has 0 radical (unpaired) electrons. The zero-order valence-corrected chi connectivity index (χ0v) is 53.4. The van der Waals surface area contributed by atoms with Crippen LogP contribution in [0.2, 0.25) is 0 Å². The summed E-state index contributed by atoms with van der Waals surface area (Å²) in [7, 11) is 0. The normalized spacial score (nSPS) is 18.1. The lowest BCUT2D eigenvalue weighted by molar-refractivity contribution is 0.550. The number of rotatable bonds is 4. The van der Waals surface area contributed by atoms with Crippen molar-refractivity contribution in [1.82, 2.24) is 0 Å². The third kappa shape index (κ3) is 6.84. The monoisotopic (exact) mass is 1200 g/mol. The fourth-order valence-electron chi connectivity index (χ4n) is 22.1. The maximum atomic E-state index is 2.62. The molecule has 0 atom stereocenters. The highest BCUT2D eigenvalue weighted by molar-refractivity contribution is 6.40. The van der Waals surface area contributed by atoms with Gasteiger partial charge in [0.2, 0.25) is 0 Å². The Morgan fingerprint density at radius 3 is 0.585 bits per heavy atom. The Balaban J connectivity index is 0.824. The van der Waals surface area contributed by atoms with Gasteiger partial charge in [-0.25, -0.2) is 0 Å². The van der Waals surface area contributed by atoms with E-state index in [4.69, 9.17) is 0 Å². The summed E-state index contributed by atoms with van der Waals surface area (Å²) in [4.78, 5) is 0. The summed E-state index contributed by atoms with van der Waals surface area (Å²) in [6.45, 7) is 0. The maximum Gasteiger partial charge on any atom is 0.0215 e. The third-order valence-corrected chi connectivity index (χ3v) is 26.2. The molecule has 14 aromatic carbocycles. The van der Waals surface area contributed by atoms with E-state index in [-0.39, 0.29) is 21.7 Å². The molecule has 0 aromatic heterocycles. The van der Waals surface area contributed by atoms with E-state index in [1.807, 2.05) is 0 Å². The van der Waals surface area contributed by atoms with Gasteiger partial charge in [0.05, 0.1) is 0 Å². The molecule has 0 N–H and O–H groups in total. The minimum absolute atomic E-state index is 0.0847. The predicted molar refractivity (Wildman–Crippen MR) is 394 cm³/mol. The SMILES string of the molecule is c1ccc2c(c1)-c1ccc(-c3ccc4c5ccc(-c6ccc7c(c6)C6(CCCC6)c6ccccc6-7)cc5c5c6cc(-c7ccc8c(c7)C7(CCCC7)c7ccccc7-8)ccc6c6ccc(-c7ccc8c(c7)C7(CCCC7)c7ccccc7-8)cc6c5c4c3)cc1C21CCCC1. The Kier molecular flexibility index (Phi) is 10.7. The minimum Gasteiger partial charge on any atom is -0.0619 e. The Labute approximate surface area is 551 Å². The Morgan fingerprint density at radius 1 is 0.160 bits per heavy atom. The van der Waals surface area contributed by atoms with Crippen LogP contribution in [0, 0.1) is 0 Å². The van der Waals surface area contributed by atoms with Crippen LogP contribution in [-0.4, -0.2) is 0 Å². The smallest absolute Gasteiger partial charge is 0.0215 e. The molecule has 94 heavy (non-hydrogen) atoms. The lowest BCUT2D eigenvalue weighted by Gasteiger charge is -2.27. The molecule has 4 fully saturated rings. The van der Waals surface area contributed by atoms with Crippen molar-refractivity contribution in [2.45, 2.75) is 124 Å². The molecule has 0 bridgehead atoms. The van der Waals surface area contributed by atoms with Gasteiger partial charge in [0.25, 0.3) is 0 Å². The average Bonchev–Trinajstić information content (AvgIpc) is 1.10. The van der Waals surface area contributed by atoms with Crippen LogP contribution in [0.1, 0.15) is 147 Å². The molecular weight excluding hydrogens is 1130 g/mol. The molecule has 0 aliphatic heterocycles. The molecule has 0 heterocycles. The van der Waals surface area contributed by atoms with Crippen molar-refractivity contribution in [3.8, 4) is 89.0 Å². The van der Waals surface area contributed by atoms with Crippen molar-refractivity contribution in [3.63, 3.8) is 0 Å². The number of hydrogen-bond acceptors (Lipinski definition) is 0. The van der Waals surface area contributed by atoms with E-state index >= 15 is 0 Å². The zero-order valence-electron chi connectivity index (χ0n) is 53.4. The van der Waals surface area contributed by atoms with Gasteiger partial charge in [0.15, 0.2) is 0 Å². The third-order valence-electron chi connectivity index (χ3n) is 26.2. The highest BCUT2D eigenvalue weighted by atomic mass is 14.5. The second-order valence-electron chi connectivity index (χ2n) is 30.2. The lowest BCUT2D eigenvalue weighted by Crippen LogP contribution is -2.20. The first kappa shape index (κ1) is 52.8. The highest BCUT2D eigenvalue weighted by Gasteiger charge is 2.49. The standard InChI is InChI=1S/C94H72/c1-5-21-81-69(17-1)73-37-29-61(53-85(73)91(81)41-9-10-42-91)57-25-33-65-66-34-26-59(63-31-39-75-71-19-3-7-23-83(71)93(87(75)55-63)45-13-14-46-93)51-79(66)90-80-52-60(64-32-40-76-72-20-4-8-24-84(72)94(88(76)56-64)47-15-16-48-94)28-36-68(80)67-35-27-58(50-78(67)89(90)77(65)49-57)62-30-38-74-70-18-2-6-22-82(70)92(86(74)54-62)43-11-12-44-92/h1-8,17-40,49-56H,9-16,41-48H2. The first-order chi connectivity index (χ1) is 46.5. The molecule has 8 aliphatic rings. The quantitative estimate of drug-likeness (QED) is 0.154. The van der Waals surface area contributed by atoms with Crippen molar-refractivity contribution in [2.75, 3.05) is 0 Å². The summed E-state index contributed by atoms with van der Waals surface area (Å²) in [5, 5.41) is 13.3. The molecule has 8 aliphatic carbocycles. The second-order valence-corrected chi connectivity index (χ2v) is 30.2. The van der Waals surface area contributed by atoms with Gasteiger partial charge in [0.1, 0.15) is 0 Å². The summed E-state index contributed by atoms with van der Waals surface area (Å²) in [5.74, 6) is 0. The molecule has 0 nitrogen and oxygen atoms in total. The molecule has 0 heteroatoms. The van der Waals surface area contributed by atoms with Gasteiger partial charge in [0, 0.05) is 21.7 Å². The maximum absolute atomic E-state index is 2.62. The molecule has 4 spiro atoms. The van der Waals surface area contributed by atoms with E-state index in [0.717, 1.165) is 0 Å². The van der Waals surface area contributed by atoms with Crippen LogP contribution >= 0.6 is 0 Å². The summed E-state index contributed by atoms with van der Waals surface area (Å²) in [6, 6.07) is 97.9. The van der Waals surface area contributed by atoms with Crippen molar-refractivity contribution in [3.05, 3.63) is 287 Å². The van der Waals surface area contributed by atoms with Crippen LogP contribution < -0.4 is 0 Å². The summed E-state index contributed by atoms with van der Waals surface area (Å²) < 4.78 is 0. The van der Waals surface area contributed by atoms with E-state index in [1.54, 1.807) is 22.3 Å². The van der Waals surface area contributed by atoms with Gasteiger partial charge in [-0.3, -0.25) is 0 Å². The van der Waals surface area contributed by atoms with E-state index in [9.17, 15) is 0 Å². The minimum atomic E-state index is 0.0847. The Bertz CT molecular complexity index is 5000. The van der Waals surface area contributed by atoms with Crippen LogP contribution in [0.3, 0.4) is 0 Å². The summed E-state index contributed by atoms with van der Waals surface area (Å²) in [5.41, 5.74) is 34.5. The molecule has 0 amide bonds. The van der Waals surface area contributed by atoms with Crippen LogP contribution in [0.5, 0.6) is 0 Å². The van der Waals surface area contributed by atoms with Crippen molar-refractivity contribution < 1.29 is 0 Å². The van der Waals surface area contributed by atoms with Gasteiger partial charge >= 0.3 is 0 Å². The number of benzene rings is 14. The number of fused-ring (bicyclic) bond motifs is 31. The van der Waals surface area contributed by atoms with Crippen molar-refractivity contribution in [2.24, 2.45) is 0 Å². The van der Waals surface area contributed by atoms with E-state index in [1.165, 1.54) is 268 Å². The van der Waals surface area contributed by atoms with Crippen LogP contribution in [0.25, 0.3) is 143 Å². The van der Waals surface area contributed by atoms with E-state index in [0.29, 0.717) is 0 Å². The van der Waals surface area contributed by atoms with Gasteiger partial charge in [-0.2, -0.15) is 0 Å². The lowest BCUT2D eigenvalue weighted by atomic mass is 9.76. The average molecular weight is 1200 g/mol. The first-order valence-electron chi connectivity index (χ1n) is 35.8. The summed E-state index contributed by atoms with van der Waals surface area (Å²) in [6.07, 6.45) is 20.0. The molecule has 22 rings (SSSR count). The largest absolute Gasteiger partial charge is 0.0619 e. The molecule has 0 unspecified atom stereocenters. The van der Waals surface area contributed by atoms with E-state index < -0.39 is 0 Å². The fourth-order valence-corrected chi connectivity index (χ4v) is 22.1. The first-order valence-corrected chi connectivity index (χ1v) is 35.8. The van der Waals surface area contributed by atoms with Gasteiger partial charge in [-0.15, -0.1) is 0 Å². The second kappa shape index (κ2) is 19.0. The topological polar surface area (TPSA) is 0 Å². The molecule has 448 valence electrons. The van der Waals surface area contributed by atoms with Crippen molar-refractivity contribution in [1.29, 1.82) is 0 Å². The van der Waals surface area contributed by atoms with Gasteiger partial charge in [-0.1, -0.05) is 245 Å². The predicted octanol–water partition coefficient (Wildman–Crippen LogP) is 25.5. The van der Waals surface area contributed by atoms with Crippen molar-refractivity contribution >= 4 is 53.9 Å². The molecule has 4 saturated carbocycles. The van der Waals surface area contributed by atoms with Gasteiger partial charge in [-0.05, 0) is 287 Å². The Morgan fingerprint density at radius 2 is 0.351 bits per heavy atom. The Hall–Kier alpha value is -9.62. The highest BCUT2D eigenvalue weighted by Crippen LogP contribution is 2.62. The van der Waals surface area contributed by atoms with Gasteiger partial charge < -0.3 is 0 Å². The zero-order chi connectivity index (χ0) is 61.2. The molecule has 14 aromatic rings. The number of hydrogen-bond donors (Lipinski definition) is 0. The van der Waals surface area contributed by atoms with E-state index in [2.05, 4.69) is 243 Å². The molecule has 0 saturated heterocycles. The molecular formula is C94H72. The van der Waals surface area contributed by atoms with Crippen LogP contribution in [0.15, 0.2) is 243 Å². The summed E-state index contributed by atoms with van der Waals surface area (Å²) >= 11 is 0. The van der Waals surface area contributed by atoms with Crippen LogP contribution in [0.4, 0.5) is 0 Å². The fraction of sp³-hybridized carbons (Fsp3) is 0.213.